The molecule has 0 aromatic carbocycles. The molecule has 76 valence electrons. The maximum atomic E-state index is 13.7. The van der Waals surface area contributed by atoms with Gasteiger partial charge in [0.25, 0.3) is 0 Å². The quantitative estimate of drug-likeness (QED) is 0.363. The largest absolute Gasteiger partial charge is 0.435 e. The highest BCUT2D eigenvalue weighted by Gasteiger charge is 2.21. The van der Waals surface area contributed by atoms with Crippen molar-refractivity contribution in [3.05, 3.63) is 0 Å². The highest BCUT2D eigenvalue weighted by molar-refractivity contribution is 5.66. The van der Waals surface area contributed by atoms with Gasteiger partial charge < -0.3 is 0 Å². The van der Waals surface area contributed by atoms with Gasteiger partial charge in [-0.25, -0.2) is 9.48 Å². The zero-order chi connectivity index (χ0) is 9.68. The summed E-state index contributed by atoms with van der Waals surface area (Å²) in [5.74, 6) is 0. The number of hydrogen-bond donors (Lipinski definition) is 0. The van der Waals surface area contributed by atoms with Crippen molar-refractivity contribution in [1.82, 2.24) is 4.90 Å². The molecule has 1 rings (SSSR count). The summed E-state index contributed by atoms with van der Waals surface area (Å²) < 4.78 is 15.6. The van der Waals surface area contributed by atoms with Crippen LogP contribution in [0, 0.1) is 0 Å². The predicted octanol–water partition coefficient (Wildman–Crippen LogP) is 1.85. The molecule has 0 aromatic heterocycles. The lowest BCUT2D eigenvalue weighted by atomic mass is 10.2. The maximum Gasteiger partial charge on any atom is 0.435 e. The van der Waals surface area contributed by atoms with E-state index in [1.165, 1.54) is 6.42 Å². The SMILES string of the molecule is CCN(CC)C(F)=[N+]1CCCCC1. The first-order chi connectivity index (χ1) is 6.29. The van der Waals surface area contributed by atoms with Gasteiger partial charge in [0, 0.05) is 0 Å². The van der Waals surface area contributed by atoms with Crippen LogP contribution in [0.1, 0.15) is 33.1 Å². The molecule has 0 amide bonds. The molecule has 0 atom stereocenters. The molecule has 0 bridgehead atoms. The predicted molar refractivity (Wildman–Crippen MR) is 52.9 cm³/mol. The van der Waals surface area contributed by atoms with E-state index in [0.717, 1.165) is 39.0 Å². The van der Waals surface area contributed by atoms with E-state index in [9.17, 15) is 4.39 Å². The monoisotopic (exact) mass is 187 g/mol. The molecule has 1 fully saturated rings. The lowest BCUT2D eigenvalue weighted by molar-refractivity contribution is -0.547. The lowest BCUT2D eigenvalue weighted by Gasteiger charge is -2.17. The topological polar surface area (TPSA) is 6.25 Å². The summed E-state index contributed by atoms with van der Waals surface area (Å²) in [5.41, 5.74) is 0. The van der Waals surface area contributed by atoms with Gasteiger partial charge in [-0.05, 0) is 33.1 Å². The first-order valence-corrected chi connectivity index (χ1v) is 5.32. The molecule has 0 aromatic rings. The fraction of sp³-hybridized carbons (Fsp3) is 0.900. The average molecular weight is 187 g/mol. The van der Waals surface area contributed by atoms with Crippen molar-refractivity contribution in [3.8, 4) is 0 Å². The average Bonchev–Trinajstić information content (AvgIpc) is 2.21. The second kappa shape index (κ2) is 5.20. The molecule has 13 heavy (non-hydrogen) atoms. The summed E-state index contributed by atoms with van der Waals surface area (Å²) in [6.07, 6.45) is 3.50. The summed E-state index contributed by atoms with van der Waals surface area (Å²) >= 11 is 0. The lowest BCUT2D eigenvalue weighted by Crippen LogP contribution is -2.37. The highest BCUT2D eigenvalue weighted by atomic mass is 19.1. The number of nitrogens with zero attached hydrogens (tertiary/aromatic N) is 2. The fourth-order valence-corrected chi connectivity index (χ4v) is 1.76. The molecule has 3 heteroatoms. The molecule has 1 aliphatic heterocycles. The fourth-order valence-electron chi connectivity index (χ4n) is 1.76. The Morgan fingerprint density at radius 3 is 2.15 bits per heavy atom. The summed E-state index contributed by atoms with van der Waals surface area (Å²) in [4.78, 5) is 1.78. The van der Waals surface area contributed by atoms with Gasteiger partial charge in [0.2, 0.25) is 0 Å². The summed E-state index contributed by atoms with van der Waals surface area (Å²) in [6.45, 7) is 7.29. The maximum absolute atomic E-state index is 13.7. The van der Waals surface area contributed by atoms with E-state index in [2.05, 4.69) is 0 Å². The van der Waals surface area contributed by atoms with Gasteiger partial charge >= 0.3 is 6.09 Å². The second-order valence-corrected chi connectivity index (χ2v) is 3.49. The number of hydrogen-bond acceptors (Lipinski definition) is 0. The minimum absolute atomic E-state index is 0.0234. The molecule has 0 N–H and O–H groups in total. The van der Waals surface area contributed by atoms with Crippen molar-refractivity contribution in [2.24, 2.45) is 0 Å². The molecule has 0 aliphatic carbocycles. The van der Waals surface area contributed by atoms with Gasteiger partial charge in [-0.2, -0.15) is 0 Å². The minimum Gasteiger partial charge on any atom is -0.236 e. The van der Waals surface area contributed by atoms with Gasteiger partial charge in [-0.1, -0.05) is 0 Å². The van der Waals surface area contributed by atoms with E-state index in [1.807, 2.05) is 18.4 Å². The van der Waals surface area contributed by atoms with Crippen molar-refractivity contribution < 1.29 is 8.97 Å². The summed E-state index contributed by atoms with van der Waals surface area (Å²) in [5, 5.41) is 0. The minimum atomic E-state index is -0.0234. The molecule has 0 unspecified atom stereocenters. The Morgan fingerprint density at radius 2 is 1.69 bits per heavy atom. The molecular formula is C10H20FN2+. The van der Waals surface area contributed by atoms with Gasteiger partial charge in [-0.3, -0.25) is 0 Å². The first kappa shape index (κ1) is 10.5. The van der Waals surface area contributed by atoms with Crippen LogP contribution in [-0.4, -0.2) is 41.7 Å². The van der Waals surface area contributed by atoms with Gasteiger partial charge in [0.1, 0.15) is 0 Å². The van der Waals surface area contributed by atoms with Crippen LogP contribution in [0.4, 0.5) is 4.39 Å². The van der Waals surface area contributed by atoms with E-state index in [4.69, 9.17) is 0 Å². The molecule has 1 saturated heterocycles. The van der Waals surface area contributed by atoms with Crippen LogP contribution >= 0.6 is 0 Å². The van der Waals surface area contributed by atoms with Crippen molar-refractivity contribution in [2.75, 3.05) is 26.2 Å². The van der Waals surface area contributed by atoms with Crippen LogP contribution in [0.5, 0.6) is 0 Å². The Balaban J connectivity index is 2.63. The summed E-state index contributed by atoms with van der Waals surface area (Å²) in [6, 6.07) is 0. The Labute approximate surface area is 80.0 Å². The molecule has 2 nitrogen and oxygen atoms in total. The second-order valence-electron chi connectivity index (χ2n) is 3.49. The van der Waals surface area contributed by atoms with Crippen molar-refractivity contribution >= 4 is 6.09 Å². The van der Waals surface area contributed by atoms with E-state index >= 15 is 0 Å². The van der Waals surface area contributed by atoms with Crippen molar-refractivity contribution in [3.63, 3.8) is 0 Å². The van der Waals surface area contributed by atoms with Gasteiger partial charge in [-0.15, -0.1) is 4.39 Å². The molecule has 0 radical (unpaired) electrons. The summed E-state index contributed by atoms with van der Waals surface area (Å²) in [7, 11) is 0. The molecular weight excluding hydrogens is 167 g/mol. The third-order valence-corrected chi connectivity index (χ3v) is 2.64. The Bertz CT molecular complexity index is 177. The smallest absolute Gasteiger partial charge is 0.236 e. The Hall–Kier alpha value is -0.600. The molecule has 1 aliphatic rings. The van der Waals surface area contributed by atoms with Crippen molar-refractivity contribution in [2.45, 2.75) is 33.1 Å². The zero-order valence-corrected chi connectivity index (χ0v) is 8.72. The Kier molecular flexibility index (Phi) is 4.19. The number of piperidine rings is 1. The molecule has 0 spiro atoms. The third kappa shape index (κ3) is 2.68. The van der Waals surface area contributed by atoms with Gasteiger partial charge in [0.15, 0.2) is 0 Å². The molecule has 1 heterocycles. The highest BCUT2D eigenvalue weighted by Crippen LogP contribution is 2.06. The van der Waals surface area contributed by atoms with E-state index < -0.39 is 0 Å². The van der Waals surface area contributed by atoms with E-state index in [0.29, 0.717) is 0 Å². The van der Waals surface area contributed by atoms with Crippen LogP contribution in [0.25, 0.3) is 0 Å². The normalized spacial score (nSPS) is 17.3. The van der Waals surface area contributed by atoms with Crippen LogP contribution in [0.15, 0.2) is 0 Å². The Morgan fingerprint density at radius 1 is 1.15 bits per heavy atom. The third-order valence-electron chi connectivity index (χ3n) is 2.64. The van der Waals surface area contributed by atoms with Crippen molar-refractivity contribution in [1.29, 1.82) is 0 Å². The first-order valence-electron chi connectivity index (χ1n) is 5.32. The van der Waals surface area contributed by atoms with Crippen LogP contribution in [0.2, 0.25) is 0 Å². The van der Waals surface area contributed by atoms with Crippen LogP contribution in [0.3, 0.4) is 0 Å². The standard InChI is InChI=1S/C10H20FN2/c1-3-12(4-2)10(11)13-8-6-5-7-9-13/h3-9H2,1-2H3/q+1. The van der Waals surface area contributed by atoms with Gasteiger partial charge in [0.05, 0.1) is 26.2 Å². The molecule has 0 saturated carbocycles. The van der Waals surface area contributed by atoms with Crippen LogP contribution < -0.4 is 0 Å². The van der Waals surface area contributed by atoms with E-state index in [-0.39, 0.29) is 6.09 Å². The number of rotatable bonds is 2. The number of amidine groups is 1. The van der Waals surface area contributed by atoms with Crippen LogP contribution in [-0.2, 0) is 0 Å². The number of halogens is 1. The van der Waals surface area contributed by atoms with E-state index in [1.54, 1.807) is 4.90 Å². The zero-order valence-electron chi connectivity index (χ0n) is 8.72.